The number of hydrogen-bond donors (Lipinski definition) is 0. The largest absolute Gasteiger partial charge is 0.495 e. The summed E-state index contributed by atoms with van der Waals surface area (Å²) >= 11 is 1.29. The Hall–Kier alpha value is -2.91. The molecule has 1 aliphatic rings. The van der Waals surface area contributed by atoms with Crippen LogP contribution in [0.25, 0.3) is 0 Å². The van der Waals surface area contributed by atoms with Crippen molar-refractivity contribution < 1.29 is 22.7 Å². The lowest BCUT2D eigenvalue weighted by Crippen LogP contribution is -2.35. The smallest absolute Gasteiger partial charge is 0.269 e. The molecule has 1 amide bonds. The fraction of sp³-hybridized carbons (Fsp3) is 0.158. The Morgan fingerprint density at radius 3 is 2.79 bits per heavy atom. The highest BCUT2D eigenvalue weighted by molar-refractivity contribution is 7.90. The predicted molar refractivity (Wildman–Crippen MR) is 105 cm³/mol. The summed E-state index contributed by atoms with van der Waals surface area (Å²) < 4.78 is 36.3. The van der Waals surface area contributed by atoms with Gasteiger partial charge in [-0.15, -0.1) is 11.3 Å². The van der Waals surface area contributed by atoms with E-state index in [0.29, 0.717) is 27.9 Å². The molecule has 9 heteroatoms. The molecule has 0 bridgehead atoms. The fourth-order valence-corrected chi connectivity index (χ4v) is 5.24. The van der Waals surface area contributed by atoms with Gasteiger partial charge in [-0.25, -0.2) is 13.4 Å². The number of sulfone groups is 1. The van der Waals surface area contributed by atoms with E-state index in [4.69, 9.17) is 9.47 Å². The third kappa shape index (κ3) is 3.34. The molecule has 0 fully saturated rings. The maximum atomic E-state index is 12.7. The summed E-state index contributed by atoms with van der Waals surface area (Å²) in [4.78, 5) is 18.2. The number of fused-ring (bicyclic) bond motifs is 1. The number of benzene rings is 2. The number of carbonyl (C=O) groups excluding carboxylic acids is 1. The Morgan fingerprint density at radius 2 is 2.04 bits per heavy atom. The summed E-state index contributed by atoms with van der Waals surface area (Å²) in [5, 5.41) is 2.25. The van der Waals surface area contributed by atoms with Crippen LogP contribution < -0.4 is 14.4 Å². The second-order valence-corrected chi connectivity index (χ2v) is 8.97. The SMILES string of the molecule is COc1ccccc1N1C(=O)COc2cc(S(=O)(=O)Cc3nccs3)ccc21. The number of thiazole rings is 1. The normalized spacial score (nSPS) is 13.8. The molecule has 4 rings (SSSR count). The van der Waals surface area contributed by atoms with Crippen molar-refractivity contribution in [3.63, 3.8) is 0 Å². The van der Waals surface area contributed by atoms with E-state index in [1.54, 1.807) is 35.8 Å². The van der Waals surface area contributed by atoms with Gasteiger partial charge >= 0.3 is 0 Å². The highest BCUT2D eigenvalue weighted by Gasteiger charge is 2.30. The van der Waals surface area contributed by atoms with Crippen LogP contribution >= 0.6 is 11.3 Å². The number of aromatic nitrogens is 1. The molecule has 144 valence electrons. The maximum Gasteiger partial charge on any atom is 0.269 e. The number of amides is 1. The first-order chi connectivity index (χ1) is 13.5. The molecule has 0 radical (unpaired) electrons. The summed E-state index contributed by atoms with van der Waals surface area (Å²) in [5.41, 5.74) is 1.03. The maximum absolute atomic E-state index is 12.7. The lowest BCUT2D eigenvalue weighted by Gasteiger charge is -2.30. The highest BCUT2D eigenvalue weighted by Crippen LogP contribution is 2.42. The molecule has 3 aromatic rings. The third-order valence-electron chi connectivity index (χ3n) is 4.25. The van der Waals surface area contributed by atoms with Crippen molar-refractivity contribution in [1.29, 1.82) is 0 Å². The third-order valence-corrected chi connectivity index (χ3v) is 6.84. The molecule has 2 aromatic carbocycles. The summed E-state index contributed by atoms with van der Waals surface area (Å²) in [5.74, 6) is 0.406. The number of para-hydroxylation sites is 2. The number of ether oxygens (including phenoxy) is 2. The zero-order chi connectivity index (χ0) is 19.7. The van der Waals surface area contributed by atoms with E-state index >= 15 is 0 Å². The first-order valence-corrected chi connectivity index (χ1v) is 10.9. The van der Waals surface area contributed by atoms with E-state index < -0.39 is 9.84 Å². The summed E-state index contributed by atoms with van der Waals surface area (Å²) in [6.07, 6.45) is 1.57. The van der Waals surface area contributed by atoms with Gasteiger partial charge in [-0.05, 0) is 24.3 Å². The minimum absolute atomic E-state index is 0.121. The zero-order valence-electron chi connectivity index (χ0n) is 14.9. The van der Waals surface area contributed by atoms with Crippen LogP contribution in [0, 0.1) is 0 Å². The van der Waals surface area contributed by atoms with Gasteiger partial charge in [-0.3, -0.25) is 9.69 Å². The minimum Gasteiger partial charge on any atom is -0.495 e. The van der Waals surface area contributed by atoms with Crippen molar-refractivity contribution >= 4 is 38.5 Å². The number of carbonyl (C=O) groups is 1. The Morgan fingerprint density at radius 1 is 1.21 bits per heavy atom. The van der Waals surface area contributed by atoms with Gasteiger partial charge in [0.05, 0.1) is 23.4 Å². The Bertz CT molecular complexity index is 1130. The van der Waals surface area contributed by atoms with Crippen molar-refractivity contribution in [1.82, 2.24) is 4.98 Å². The predicted octanol–water partition coefficient (Wildman–Crippen LogP) is 3.18. The van der Waals surface area contributed by atoms with Crippen molar-refractivity contribution in [3.05, 3.63) is 59.0 Å². The van der Waals surface area contributed by atoms with E-state index in [9.17, 15) is 13.2 Å². The average molecular weight is 416 g/mol. The van der Waals surface area contributed by atoms with E-state index in [0.717, 1.165) is 0 Å². The molecule has 0 aliphatic carbocycles. The van der Waals surface area contributed by atoms with E-state index in [1.807, 2.05) is 6.07 Å². The van der Waals surface area contributed by atoms with Gasteiger partial charge in [0.15, 0.2) is 16.4 Å². The second kappa shape index (κ2) is 7.25. The van der Waals surface area contributed by atoms with Crippen LogP contribution in [0.2, 0.25) is 0 Å². The molecule has 28 heavy (non-hydrogen) atoms. The van der Waals surface area contributed by atoms with Gasteiger partial charge in [0.2, 0.25) is 0 Å². The van der Waals surface area contributed by atoms with Gasteiger partial charge < -0.3 is 9.47 Å². The van der Waals surface area contributed by atoms with Gasteiger partial charge in [0, 0.05) is 17.6 Å². The van der Waals surface area contributed by atoms with Gasteiger partial charge in [-0.2, -0.15) is 0 Å². The lowest BCUT2D eigenvalue weighted by molar-refractivity contribution is -0.120. The molecular weight excluding hydrogens is 400 g/mol. The van der Waals surface area contributed by atoms with Crippen molar-refractivity contribution in [2.24, 2.45) is 0 Å². The number of hydrogen-bond acceptors (Lipinski definition) is 7. The Labute approximate surface area is 166 Å². The quantitative estimate of drug-likeness (QED) is 0.635. The number of nitrogens with zero attached hydrogens (tertiary/aromatic N) is 2. The van der Waals surface area contributed by atoms with Crippen LogP contribution in [0.1, 0.15) is 5.01 Å². The molecule has 0 atom stereocenters. The van der Waals surface area contributed by atoms with Crippen LogP contribution in [0.3, 0.4) is 0 Å². The molecule has 2 heterocycles. The van der Waals surface area contributed by atoms with Crippen molar-refractivity contribution in [2.75, 3.05) is 18.6 Å². The van der Waals surface area contributed by atoms with Crippen molar-refractivity contribution in [2.45, 2.75) is 10.6 Å². The summed E-state index contributed by atoms with van der Waals surface area (Å²) in [6, 6.07) is 11.6. The first-order valence-electron chi connectivity index (χ1n) is 8.33. The number of rotatable bonds is 5. The molecule has 1 aliphatic heterocycles. The standard InChI is InChI=1S/C19H16N2O5S2/c1-25-16-5-3-2-4-14(16)21-15-7-6-13(10-17(15)26-11-19(21)22)28(23,24)12-18-20-8-9-27-18/h2-10H,11-12H2,1H3. The van der Waals surface area contributed by atoms with E-state index in [1.165, 1.54) is 35.5 Å². The number of methoxy groups -OCH3 is 1. The zero-order valence-corrected chi connectivity index (χ0v) is 16.5. The lowest BCUT2D eigenvalue weighted by atomic mass is 10.2. The van der Waals surface area contributed by atoms with E-state index in [-0.39, 0.29) is 23.2 Å². The molecular formula is C19H16N2O5S2. The molecule has 1 aromatic heterocycles. The molecule has 0 unspecified atom stereocenters. The first kappa shape index (κ1) is 18.5. The molecule has 0 spiro atoms. The van der Waals surface area contributed by atoms with Gasteiger partial charge in [0.1, 0.15) is 22.3 Å². The van der Waals surface area contributed by atoms with Crippen LogP contribution in [0.4, 0.5) is 11.4 Å². The summed E-state index contributed by atoms with van der Waals surface area (Å²) in [6.45, 7) is -0.193. The molecule has 0 N–H and O–H groups in total. The van der Waals surface area contributed by atoms with Crippen LogP contribution in [-0.2, 0) is 20.4 Å². The van der Waals surface area contributed by atoms with E-state index in [2.05, 4.69) is 4.98 Å². The molecule has 0 saturated heterocycles. The number of anilines is 2. The van der Waals surface area contributed by atoms with Crippen LogP contribution in [0.5, 0.6) is 11.5 Å². The fourth-order valence-electron chi connectivity index (χ4n) is 2.98. The van der Waals surface area contributed by atoms with Crippen LogP contribution in [0.15, 0.2) is 58.9 Å². The van der Waals surface area contributed by atoms with Crippen molar-refractivity contribution in [3.8, 4) is 11.5 Å². The Balaban J connectivity index is 1.74. The second-order valence-electron chi connectivity index (χ2n) is 6.00. The summed E-state index contributed by atoms with van der Waals surface area (Å²) in [7, 11) is -2.06. The molecule has 0 saturated carbocycles. The Kier molecular flexibility index (Phi) is 4.78. The average Bonchev–Trinajstić information content (AvgIpc) is 3.20. The highest BCUT2D eigenvalue weighted by atomic mass is 32.2. The van der Waals surface area contributed by atoms with Gasteiger partial charge in [0.25, 0.3) is 5.91 Å². The minimum atomic E-state index is -3.59. The monoisotopic (exact) mass is 416 g/mol. The van der Waals surface area contributed by atoms with Crippen LogP contribution in [-0.4, -0.2) is 33.0 Å². The van der Waals surface area contributed by atoms with Gasteiger partial charge in [-0.1, -0.05) is 12.1 Å². The molecule has 7 nitrogen and oxygen atoms in total. The topological polar surface area (TPSA) is 85.8 Å².